The van der Waals surface area contributed by atoms with Crippen LogP contribution in [0, 0.1) is 24.0 Å². The first-order chi connectivity index (χ1) is 10.0. The second-order valence-electron chi connectivity index (χ2n) is 4.74. The highest BCUT2D eigenvalue weighted by molar-refractivity contribution is 9.10. The summed E-state index contributed by atoms with van der Waals surface area (Å²) in [5, 5.41) is 20.9. The van der Waals surface area contributed by atoms with Gasteiger partial charge in [-0.15, -0.1) is 0 Å². The summed E-state index contributed by atoms with van der Waals surface area (Å²) in [4.78, 5) is 14.5. The van der Waals surface area contributed by atoms with Crippen molar-refractivity contribution in [2.24, 2.45) is 0 Å². The molecule has 2 aromatic rings. The number of aromatic amines is 1. The van der Waals surface area contributed by atoms with Crippen molar-refractivity contribution in [3.8, 4) is 0 Å². The highest BCUT2D eigenvalue weighted by Crippen LogP contribution is 2.30. The van der Waals surface area contributed by atoms with Crippen LogP contribution in [0.25, 0.3) is 0 Å². The van der Waals surface area contributed by atoms with E-state index in [2.05, 4.69) is 36.4 Å². The number of aromatic nitrogens is 3. The van der Waals surface area contributed by atoms with Crippen LogP contribution >= 0.6 is 15.9 Å². The van der Waals surface area contributed by atoms with E-state index in [0.717, 1.165) is 25.1 Å². The first kappa shape index (κ1) is 15.4. The van der Waals surface area contributed by atoms with Crippen LogP contribution < -0.4 is 5.32 Å². The summed E-state index contributed by atoms with van der Waals surface area (Å²) in [6.45, 7) is 4.42. The van der Waals surface area contributed by atoms with Crippen LogP contribution in [0.15, 0.2) is 16.9 Å². The number of aryl methyl sites for hydroxylation is 2. The monoisotopic (exact) mass is 353 g/mol. The molecule has 0 aliphatic heterocycles. The number of H-pyrrole nitrogens is 1. The molecule has 2 N–H and O–H groups in total. The summed E-state index contributed by atoms with van der Waals surface area (Å²) in [6, 6.07) is 0. The third kappa shape index (κ3) is 3.57. The van der Waals surface area contributed by atoms with Gasteiger partial charge in [0.05, 0.1) is 15.6 Å². The fourth-order valence-corrected chi connectivity index (χ4v) is 2.44. The Morgan fingerprint density at radius 3 is 2.81 bits per heavy atom. The van der Waals surface area contributed by atoms with Gasteiger partial charge < -0.3 is 5.32 Å². The Labute approximate surface area is 130 Å². The van der Waals surface area contributed by atoms with Crippen molar-refractivity contribution in [3.05, 3.63) is 43.8 Å². The molecule has 8 heteroatoms. The Hall–Kier alpha value is -1.96. The van der Waals surface area contributed by atoms with Crippen molar-refractivity contribution in [1.82, 2.24) is 15.2 Å². The zero-order valence-electron chi connectivity index (χ0n) is 11.8. The minimum Gasteiger partial charge on any atom is -0.369 e. The standard InChI is InChI=1S/C13H16BrN5O2/c1-8-11(19(20)21)7-16-13(12(8)14)15-5-3-4-10-6-17-18-9(10)2/h6-7H,3-5H2,1-2H3,(H,15,16)(H,17,18). The topological polar surface area (TPSA) is 96.7 Å². The zero-order valence-corrected chi connectivity index (χ0v) is 13.4. The third-order valence-corrected chi connectivity index (χ3v) is 4.25. The second-order valence-corrected chi connectivity index (χ2v) is 5.53. The summed E-state index contributed by atoms with van der Waals surface area (Å²) in [5.74, 6) is 0.627. The van der Waals surface area contributed by atoms with Crippen LogP contribution in [0.1, 0.15) is 23.2 Å². The number of halogens is 1. The van der Waals surface area contributed by atoms with Gasteiger partial charge in [0.25, 0.3) is 5.69 Å². The Kier molecular flexibility index (Phi) is 4.89. The van der Waals surface area contributed by atoms with Gasteiger partial charge in [0.1, 0.15) is 12.0 Å². The molecule has 0 bridgehead atoms. The predicted molar refractivity (Wildman–Crippen MR) is 83.5 cm³/mol. The molecule has 0 fully saturated rings. The lowest BCUT2D eigenvalue weighted by molar-refractivity contribution is -0.385. The van der Waals surface area contributed by atoms with E-state index in [9.17, 15) is 10.1 Å². The number of nitrogens with one attached hydrogen (secondary N) is 2. The minimum atomic E-state index is -0.432. The summed E-state index contributed by atoms with van der Waals surface area (Å²) in [5.41, 5.74) is 2.87. The number of anilines is 1. The third-order valence-electron chi connectivity index (χ3n) is 3.28. The van der Waals surface area contributed by atoms with Crippen LogP contribution in [-0.4, -0.2) is 26.6 Å². The first-order valence-electron chi connectivity index (χ1n) is 6.53. The van der Waals surface area contributed by atoms with E-state index in [1.165, 1.54) is 11.8 Å². The van der Waals surface area contributed by atoms with Crippen LogP contribution in [0.4, 0.5) is 11.5 Å². The van der Waals surface area contributed by atoms with Crippen molar-refractivity contribution in [1.29, 1.82) is 0 Å². The maximum atomic E-state index is 10.8. The molecule has 0 aliphatic carbocycles. The van der Waals surface area contributed by atoms with Crippen molar-refractivity contribution in [2.75, 3.05) is 11.9 Å². The molecule has 2 heterocycles. The van der Waals surface area contributed by atoms with Gasteiger partial charge in [-0.05, 0) is 48.2 Å². The van der Waals surface area contributed by atoms with Gasteiger partial charge in [0, 0.05) is 17.8 Å². The van der Waals surface area contributed by atoms with Crippen LogP contribution in [0.5, 0.6) is 0 Å². The molecule has 0 amide bonds. The molecular formula is C13H16BrN5O2. The second kappa shape index (κ2) is 6.66. The average molecular weight is 354 g/mol. The predicted octanol–water partition coefficient (Wildman–Crippen LogP) is 3.14. The van der Waals surface area contributed by atoms with Gasteiger partial charge in [0.15, 0.2) is 0 Å². The molecule has 112 valence electrons. The normalized spacial score (nSPS) is 10.6. The quantitative estimate of drug-likeness (QED) is 0.472. The molecule has 7 nitrogen and oxygen atoms in total. The smallest absolute Gasteiger partial charge is 0.291 e. The molecular weight excluding hydrogens is 338 g/mol. The molecule has 0 aliphatic rings. The Bertz CT molecular complexity index is 656. The molecule has 0 saturated carbocycles. The van der Waals surface area contributed by atoms with E-state index in [1.807, 2.05) is 13.1 Å². The van der Waals surface area contributed by atoms with Gasteiger partial charge in [-0.3, -0.25) is 15.2 Å². The van der Waals surface area contributed by atoms with E-state index >= 15 is 0 Å². The van der Waals surface area contributed by atoms with Gasteiger partial charge in [-0.1, -0.05) is 0 Å². The molecule has 0 saturated heterocycles. The van der Waals surface area contributed by atoms with Crippen LogP contribution in [-0.2, 0) is 6.42 Å². The van der Waals surface area contributed by atoms with Crippen molar-refractivity contribution in [2.45, 2.75) is 26.7 Å². The van der Waals surface area contributed by atoms with E-state index < -0.39 is 4.92 Å². The summed E-state index contributed by atoms with van der Waals surface area (Å²) < 4.78 is 0.635. The summed E-state index contributed by atoms with van der Waals surface area (Å²) in [7, 11) is 0. The lowest BCUT2D eigenvalue weighted by atomic mass is 10.1. The number of pyridine rings is 1. The molecule has 0 radical (unpaired) electrons. The maximum Gasteiger partial charge on any atom is 0.291 e. The average Bonchev–Trinajstić information content (AvgIpc) is 2.84. The fraction of sp³-hybridized carbons (Fsp3) is 0.385. The molecule has 0 unspecified atom stereocenters. The van der Waals surface area contributed by atoms with Gasteiger partial charge >= 0.3 is 0 Å². The lowest BCUT2D eigenvalue weighted by Crippen LogP contribution is -2.07. The molecule has 0 atom stereocenters. The van der Waals surface area contributed by atoms with Crippen molar-refractivity contribution >= 4 is 27.4 Å². The highest BCUT2D eigenvalue weighted by atomic mass is 79.9. The summed E-state index contributed by atoms with van der Waals surface area (Å²) >= 11 is 3.36. The Morgan fingerprint density at radius 2 is 2.19 bits per heavy atom. The Balaban J connectivity index is 1.93. The molecule has 2 aromatic heterocycles. The number of nitro groups is 1. The highest BCUT2D eigenvalue weighted by Gasteiger charge is 2.16. The van der Waals surface area contributed by atoms with Crippen molar-refractivity contribution < 1.29 is 4.92 Å². The minimum absolute atomic E-state index is 0.0152. The first-order valence-corrected chi connectivity index (χ1v) is 7.32. The SMILES string of the molecule is Cc1[nH]ncc1CCCNc1ncc([N+](=O)[O-])c(C)c1Br. The van der Waals surface area contributed by atoms with Gasteiger partial charge in [-0.25, -0.2) is 4.98 Å². The van der Waals surface area contributed by atoms with Gasteiger partial charge in [0.2, 0.25) is 0 Å². The molecule has 0 aromatic carbocycles. The van der Waals surface area contributed by atoms with Gasteiger partial charge in [-0.2, -0.15) is 5.10 Å². The van der Waals surface area contributed by atoms with E-state index in [-0.39, 0.29) is 5.69 Å². The maximum absolute atomic E-state index is 10.8. The fourth-order valence-electron chi connectivity index (χ4n) is 1.99. The number of hydrogen-bond acceptors (Lipinski definition) is 5. The molecule has 21 heavy (non-hydrogen) atoms. The Morgan fingerprint density at radius 1 is 1.43 bits per heavy atom. The summed E-state index contributed by atoms with van der Waals surface area (Å²) in [6.07, 6.45) is 4.95. The molecule has 2 rings (SSSR count). The lowest BCUT2D eigenvalue weighted by Gasteiger charge is -2.09. The van der Waals surface area contributed by atoms with E-state index in [4.69, 9.17) is 0 Å². The largest absolute Gasteiger partial charge is 0.369 e. The van der Waals surface area contributed by atoms with Crippen LogP contribution in [0.3, 0.4) is 0 Å². The van der Waals surface area contributed by atoms with Crippen LogP contribution in [0.2, 0.25) is 0 Å². The number of rotatable bonds is 6. The van der Waals surface area contributed by atoms with E-state index in [0.29, 0.717) is 15.9 Å². The van der Waals surface area contributed by atoms with E-state index in [1.54, 1.807) is 6.92 Å². The number of hydrogen-bond donors (Lipinski definition) is 2. The zero-order chi connectivity index (χ0) is 15.4. The molecule has 0 spiro atoms. The number of nitrogens with zero attached hydrogens (tertiary/aromatic N) is 3. The van der Waals surface area contributed by atoms with Crippen molar-refractivity contribution in [3.63, 3.8) is 0 Å².